The third-order valence-corrected chi connectivity index (χ3v) is 7.33. The zero-order valence-electron chi connectivity index (χ0n) is 19.8. The van der Waals surface area contributed by atoms with Crippen LogP contribution in [0, 0.1) is 0 Å². The first kappa shape index (κ1) is 24.7. The van der Waals surface area contributed by atoms with Crippen molar-refractivity contribution in [1.82, 2.24) is 0 Å². The highest BCUT2D eigenvalue weighted by Crippen LogP contribution is 2.61. The molecule has 1 aliphatic carbocycles. The molecule has 3 aromatic carbocycles. The predicted octanol–water partition coefficient (Wildman–Crippen LogP) is 4.86. The van der Waals surface area contributed by atoms with Gasteiger partial charge in [-0.15, -0.1) is 0 Å². The maximum absolute atomic E-state index is 11.9. The standard InChI is InChI=1S/C28H24O8/c1-27(2)20-9-6-15(24(31)32)13-21(20)28(3,19-7-4-14(5-8-19)23(29)30)22(27)16-10-17(25(33)34)12-18(11-16)26(35)36/h4-13,22H,1-3H3,(H,29,30)(H,31,32)(H,33,34)(H,35,36). The van der Waals surface area contributed by atoms with E-state index in [1.807, 2.05) is 20.8 Å². The lowest BCUT2D eigenvalue weighted by atomic mass is 9.62. The topological polar surface area (TPSA) is 149 Å². The zero-order chi connectivity index (χ0) is 26.6. The van der Waals surface area contributed by atoms with E-state index in [9.17, 15) is 39.6 Å². The Morgan fingerprint density at radius 2 is 1.06 bits per heavy atom. The summed E-state index contributed by atoms with van der Waals surface area (Å²) < 4.78 is 0. The Balaban J connectivity index is 2.07. The van der Waals surface area contributed by atoms with Gasteiger partial charge in [0.15, 0.2) is 0 Å². The summed E-state index contributed by atoms with van der Waals surface area (Å²) in [6.45, 7) is 5.78. The number of carboxylic acids is 4. The molecule has 2 atom stereocenters. The number of benzene rings is 3. The lowest BCUT2D eigenvalue weighted by molar-refractivity contribution is 0.0680. The molecule has 4 rings (SSSR count). The molecule has 1 aliphatic rings. The van der Waals surface area contributed by atoms with Gasteiger partial charge < -0.3 is 20.4 Å². The van der Waals surface area contributed by atoms with E-state index in [2.05, 4.69) is 0 Å². The largest absolute Gasteiger partial charge is 0.478 e. The molecular weight excluding hydrogens is 464 g/mol. The summed E-state index contributed by atoms with van der Waals surface area (Å²) in [4.78, 5) is 47.0. The van der Waals surface area contributed by atoms with Crippen molar-refractivity contribution in [3.05, 3.63) is 105 Å². The Kier molecular flexibility index (Phi) is 5.71. The van der Waals surface area contributed by atoms with Crippen molar-refractivity contribution in [3.63, 3.8) is 0 Å². The summed E-state index contributed by atoms with van der Waals surface area (Å²) in [5.74, 6) is -5.26. The minimum absolute atomic E-state index is 0.0732. The molecule has 0 spiro atoms. The van der Waals surface area contributed by atoms with Gasteiger partial charge in [0.25, 0.3) is 0 Å². The number of rotatable bonds is 6. The van der Waals surface area contributed by atoms with Crippen molar-refractivity contribution in [2.75, 3.05) is 0 Å². The van der Waals surface area contributed by atoms with Crippen molar-refractivity contribution in [2.45, 2.75) is 37.5 Å². The van der Waals surface area contributed by atoms with E-state index in [0.29, 0.717) is 16.7 Å². The van der Waals surface area contributed by atoms with Gasteiger partial charge >= 0.3 is 23.9 Å². The van der Waals surface area contributed by atoms with Crippen LogP contribution in [0.4, 0.5) is 0 Å². The van der Waals surface area contributed by atoms with Gasteiger partial charge in [-0.05, 0) is 70.1 Å². The molecule has 0 saturated heterocycles. The van der Waals surface area contributed by atoms with Crippen LogP contribution in [0.15, 0.2) is 60.7 Å². The molecule has 4 N–H and O–H groups in total. The normalized spacial score (nSPS) is 19.9. The fraction of sp³-hybridized carbons (Fsp3) is 0.214. The molecule has 0 radical (unpaired) electrons. The second-order valence-electron chi connectivity index (χ2n) is 9.76. The van der Waals surface area contributed by atoms with Crippen LogP contribution >= 0.6 is 0 Å². The molecule has 0 aromatic heterocycles. The summed E-state index contributed by atoms with van der Waals surface area (Å²) in [7, 11) is 0. The predicted molar refractivity (Wildman–Crippen MR) is 129 cm³/mol. The van der Waals surface area contributed by atoms with E-state index >= 15 is 0 Å². The van der Waals surface area contributed by atoms with Gasteiger partial charge in [0, 0.05) is 11.3 Å². The van der Waals surface area contributed by atoms with Crippen LogP contribution in [0.25, 0.3) is 0 Å². The maximum Gasteiger partial charge on any atom is 0.335 e. The quantitative estimate of drug-likeness (QED) is 0.384. The SMILES string of the molecule is CC1(C)c2ccc(C(=O)O)cc2C(C)(c2ccc(C(=O)O)cc2)C1c1cc(C(=O)O)cc(C(=O)O)c1. The van der Waals surface area contributed by atoms with Gasteiger partial charge in [0.05, 0.1) is 22.3 Å². The molecule has 8 heteroatoms. The Morgan fingerprint density at radius 1 is 0.583 bits per heavy atom. The lowest BCUT2D eigenvalue weighted by Gasteiger charge is -2.40. The van der Waals surface area contributed by atoms with Crippen LogP contribution in [0.5, 0.6) is 0 Å². The van der Waals surface area contributed by atoms with E-state index in [1.165, 1.54) is 30.3 Å². The number of fused-ring (bicyclic) bond motifs is 1. The van der Waals surface area contributed by atoms with Crippen LogP contribution in [0.1, 0.15) is 90.4 Å². The Hall–Kier alpha value is -4.46. The highest BCUT2D eigenvalue weighted by Gasteiger charge is 2.55. The first-order chi connectivity index (χ1) is 16.8. The lowest BCUT2D eigenvalue weighted by Crippen LogP contribution is -2.35. The van der Waals surface area contributed by atoms with E-state index in [1.54, 1.807) is 24.3 Å². The molecule has 2 unspecified atom stereocenters. The average molecular weight is 488 g/mol. The summed E-state index contributed by atoms with van der Waals surface area (Å²) in [6.07, 6.45) is 0. The number of carboxylic acid groups (broad SMARTS) is 4. The number of hydrogen-bond donors (Lipinski definition) is 4. The van der Waals surface area contributed by atoms with Crippen LogP contribution in [-0.2, 0) is 10.8 Å². The summed E-state index contributed by atoms with van der Waals surface area (Å²) in [6, 6.07) is 15.1. The zero-order valence-corrected chi connectivity index (χ0v) is 19.8. The van der Waals surface area contributed by atoms with Crippen LogP contribution in [0.3, 0.4) is 0 Å². The highest BCUT2D eigenvalue weighted by molar-refractivity contribution is 5.94. The third kappa shape index (κ3) is 3.71. The molecule has 0 heterocycles. The molecule has 3 aromatic rings. The van der Waals surface area contributed by atoms with Crippen molar-refractivity contribution in [3.8, 4) is 0 Å². The van der Waals surface area contributed by atoms with Gasteiger partial charge in [-0.1, -0.05) is 39.0 Å². The van der Waals surface area contributed by atoms with Crippen molar-refractivity contribution < 1.29 is 39.6 Å². The van der Waals surface area contributed by atoms with E-state index < -0.39 is 40.6 Å². The van der Waals surface area contributed by atoms with Gasteiger partial charge in [-0.2, -0.15) is 0 Å². The van der Waals surface area contributed by atoms with Gasteiger partial charge in [-0.3, -0.25) is 0 Å². The first-order valence-electron chi connectivity index (χ1n) is 11.1. The monoisotopic (exact) mass is 488 g/mol. The van der Waals surface area contributed by atoms with Crippen LogP contribution in [0.2, 0.25) is 0 Å². The number of aromatic carboxylic acids is 4. The first-order valence-corrected chi connectivity index (χ1v) is 11.1. The molecule has 0 amide bonds. The van der Waals surface area contributed by atoms with E-state index in [-0.39, 0.29) is 22.3 Å². The second-order valence-corrected chi connectivity index (χ2v) is 9.76. The minimum Gasteiger partial charge on any atom is -0.478 e. The summed E-state index contributed by atoms with van der Waals surface area (Å²) in [5.41, 5.74) is 0.851. The Labute approximate surface area is 206 Å². The molecule has 0 bridgehead atoms. The van der Waals surface area contributed by atoms with E-state index in [0.717, 1.165) is 11.6 Å². The van der Waals surface area contributed by atoms with E-state index in [4.69, 9.17) is 0 Å². The van der Waals surface area contributed by atoms with Crippen molar-refractivity contribution in [2.24, 2.45) is 0 Å². The fourth-order valence-electron chi connectivity index (χ4n) is 5.80. The Morgan fingerprint density at radius 3 is 1.53 bits per heavy atom. The number of carbonyl (C=O) groups is 4. The second kappa shape index (κ2) is 8.34. The third-order valence-electron chi connectivity index (χ3n) is 7.33. The molecule has 36 heavy (non-hydrogen) atoms. The highest BCUT2D eigenvalue weighted by atomic mass is 16.4. The molecule has 184 valence electrons. The van der Waals surface area contributed by atoms with Gasteiger partial charge in [0.1, 0.15) is 0 Å². The fourth-order valence-corrected chi connectivity index (χ4v) is 5.80. The minimum atomic E-state index is -1.27. The maximum atomic E-state index is 11.9. The molecule has 0 saturated carbocycles. The summed E-state index contributed by atoms with van der Waals surface area (Å²) in [5, 5.41) is 38.4. The number of hydrogen-bond acceptors (Lipinski definition) is 4. The summed E-state index contributed by atoms with van der Waals surface area (Å²) >= 11 is 0. The van der Waals surface area contributed by atoms with Crippen LogP contribution in [-0.4, -0.2) is 44.3 Å². The molecule has 8 nitrogen and oxygen atoms in total. The van der Waals surface area contributed by atoms with Crippen LogP contribution < -0.4 is 0 Å². The molecular formula is C28H24O8. The van der Waals surface area contributed by atoms with Gasteiger partial charge in [0.2, 0.25) is 0 Å². The van der Waals surface area contributed by atoms with Crippen molar-refractivity contribution >= 4 is 23.9 Å². The Bertz CT molecular complexity index is 1400. The molecule has 0 fully saturated rings. The van der Waals surface area contributed by atoms with Gasteiger partial charge in [-0.25, -0.2) is 19.2 Å². The molecule has 0 aliphatic heterocycles. The smallest absolute Gasteiger partial charge is 0.335 e. The van der Waals surface area contributed by atoms with Crippen molar-refractivity contribution in [1.29, 1.82) is 0 Å². The average Bonchev–Trinajstić information content (AvgIpc) is 3.01.